The molecule has 0 rings (SSSR count). The van der Waals surface area contributed by atoms with Crippen LogP contribution >= 0.6 is 0 Å². The summed E-state index contributed by atoms with van der Waals surface area (Å²) in [6.07, 6.45) is 49.5. The highest BCUT2D eigenvalue weighted by atomic mass is 16.6. The fraction of sp³-hybridized carbons (Fsp3) is 0.943. The number of unbranched alkanes of at least 4 members (excludes halogenated alkanes) is 35. The minimum Gasteiger partial charge on any atom is -0.462 e. The molecular formula is C53H102O6. The van der Waals surface area contributed by atoms with Crippen LogP contribution in [0, 0.1) is 5.92 Å². The molecule has 0 heterocycles. The van der Waals surface area contributed by atoms with Crippen LogP contribution in [0.2, 0.25) is 0 Å². The molecule has 0 aromatic rings. The third kappa shape index (κ3) is 47.3. The summed E-state index contributed by atoms with van der Waals surface area (Å²) in [4.78, 5) is 37.9. The van der Waals surface area contributed by atoms with E-state index in [0.717, 1.165) is 63.7 Å². The number of carbonyl (C=O) groups excluding carboxylic acids is 3. The number of rotatable bonds is 48. The maximum Gasteiger partial charge on any atom is 0.306 e. The summed E-state index contributed by atoms with van der Waals surface area (Å²) < 4.78 is 16.8. The Morgan fingerprint density at radius 1 is 0.322 bits per heavy atom. The summed E-state index contributed by atoms with van der Waals surface area (Å²) in [5.41, 5.74) is 0. The topological polar surface area (TPSA) is 78.9 Å². The van der Waals surface area contributed by atoms with E-state index in [2.05, 4.69) is 27.7 Å². The first-order valence-electron chi connectivity index (χ1n) is 26.4. The van der Waals surface area contributed by atoms with Crippen LogP contribution in [-0.4, -0.2) is 37.2 Å². The maximum atomic E-state index is 12.8. The van der Waals surface area contributed by atoms with Crippen molar-refractivity contribution in [3.05, 3.63) is 0 Å². The zero-order chi connectivity index (χ0) is 43.1. The van der Waals surface area contributed by atoms with E-state index in [1.807, 2.05) is 0 Å². The van der Waals surface area contributed by atoms with E-state index in [1.165, 1.54) is 193 Å². The molecule has 0 amide bonds. The zero-order valence-corrected chi connectivity index (χ0v) is 40.2. The van der Waals surface area contributed by atoms with E-state index in [-0.39, 0.29) is 31.1 Å². The van der Waals surface area contributed by atoms with Gasteiger partial charge in [0.2, 0.25) is 0 Å². The van der Waals surface area contributed by atoms with Gasteiger partial charge in [0.15, 0.2) is 6.10 Å². The molecule has 0 N–H and O–H groups in total. The van der Waals surface area contributed by atoms with Gasteiger partial charge >= 0.3 is 17.9 Å². The van der Waals surface area contributed by atoms with Gasteiger partial charge in [0, 0.05) is 19.3 Å². The Labute approximate surface area is 368 Å². The average Bonchev–Trinajstić information content (AvgIpc) is 3.22. The molecule has 0 spiro atoms. The molecule has 0 aliphatic heterocycles. The lowest BCUT2D eigenvalue weighted by Gasteiger charge is -2.18. The van der Waals surface area contributed by atoms with Crippen molar-refractivity contribution in [3.8, 4) is 0 Å². The van der Waals surface area contributed by atoms with Crippen molar-refractivity contribution in [1.82, 2.24) is 0 Å². The fourth-order valence-electron chi connectivity index (χ4n) is 8.04. The quantitative estimate of drug-likeness (QED) is 0.0345. The summed E-state index contributed by atoms with van der Waals surface area (Å²) in [7, 11) is 0. The van der Waals surface area contributed by atoms with Gasteiger partial charge in [-0.1, -0.05) is 259 Å². The summed E-state index contributed by atoms with van der Waals surface area (Å²) in [5.74, 6) is -0.0358. The Morgan fingerprint density at radius 3 is 0.831 bits per heavy atom. The molecule has 350 valence electrons. The average molecular weight is 835 g/mol. The largest absolute Gasteiger partial charge is 0.462 e. The van der Waals surface area contributed by atoms with Crippen LogP contribution in [0.3, 0.4) is 0 Å². The molecule has 0 radical (unpaired) electrons. The lowest BCUT2D eigenvalue weighted by molar-refractivity contribution is -0.167. The molecule has 6 heteroatoms. The molecule has 6 nitrogen and oxygen atoms in total. The molecule has 0 aliphatic rings. The van der Waals surface area contributed by atoms with Crippen molar-refractivity contribution in [1.29, 1.82) is 0 Å². The normalized spacial score (nSPS) is 11.9. The summed E-state index contributed by atoms with van der Waals surface area (Å²) >= 11 is 0. The number of esters is 3. The van der Waals surface area contributed by atoms with Crippen molar-refractivity contribution >= 4 is 17.9 Å². The highest BCUT2D eigenvalue weighted by Crippen LogP contribution is 2.17. The molecule has 0 aromatic carbocycles. The van der Waals surface area contributed by atoms with Crippen LogP contribution in [-0.2, 0) is 28.6 Å². The third-order valence-corrected chi connectivity index (χ3v) is 12.0. The van der Waals surface area contributed by atoms with E-state index in [0.29, 0.717) is 19.3 Å². The van der Waals surface area contributed by atoms with Crippen molar-refractivity contribution in [2.45, 2.75) is 303 Å². The highest BCUT2D eigenvalue weighted by molar-refractivity contribution is 5.71. The number of hydrogen-bond acceptors (Lipinski definition) is 6. The Hall–Kier alpha value is -1.59. The molecule has 0 fully saturated rings. The summed E-state index contributed by atoms with van der Waals surface area (Å²) in [6, 6.07) is 0. The second kappa shape index (κ2) is 47.5. The van der Waals surface area contributed by atoms with Crippen LogP contribution in [0.25, 0.3) is 0 Å². The number of hydrogen-bond donors (Lipinski definition) is 0. The summed E-state index contributed by atoms with van der Waals surface area (Å²) in [6.45, 7) is 9.01. The zero-order valence-electron chi connectivity index (χ0n) is 40.2. The van der Waals surface area contributed by atoms with Crippen molar-refractivity contribution < 1.29 is 28.6 Å². The molecule has 0 aromatic heterocycles. The monoisotopic (exact) mass is 835 g/mol. The minimum atomic E-state index is -0.760. The molecule has 1 atom stereocenters. The maximum absolute atomic E-state index is 12.8. The highest BCUT2D eigenvalue weighted by Gasteiger charge is 2.19. The molecule has 0 saturated carbocycles. The fourth-order valence-corrected chi connectivity index (χ4v) is 8.04. The first-order chi connectivity index (χ1) is 28.9. The SMILES string of the molecule is CCCCCCCCCCCCCCCCCCCC(=O)OC[C@H](COC(=O)CCCCCCCCCCCC(C)C)OC(=O)CCCCCCCCCCCCCC. The first kappa shape index (κ1) is 57.4. The smallest absolute Gasteiger partial charge is 0.306 e. The molecule has 59 heavy (non-hydrogen) atoms. The molecular weight excluding hydrogens is 733 g/mol. The van der Waals surface area contributed by atoms with Gasteiger partial charge in [-0.25, -0.2) is 0 Å². The van der Waals surface area contributed by atoms with Gasteiger partial charge in [-0.2, -0.15) is 0 Å². The van der Waals surface area contributed by atoms with Gasteiger partial charge in [-0.15, -0.1) is 0 Å². The predicted octanol–water partition coefficient (Wildman–Crippen LogP) is 17.1. The van der Waals surface area contributed by atoms with Gasteiger partial charge in [-0.05, 0) is 25.2 Å². The Balaban J connectivity index is 4.27. The second-order valence-electron chi connectivity index (χ2n) is 18.6. The Morgan fingerprint density at radius 2 is 0.559 bits per heavy atom. The van der Waals surface area contributed by atoms with E-state index >= 15 is 0 Å². The lowest BCUT2D eigenvalue weighted by atomic mass is 10.0. The molecule has 0 unspecified atom stereocenters. The minimum absolute atomic E-state index is 0.0628. The van der Waals surface area contributed by atoms with Crippen LogP contribution in [0.1, 0.15) is 297 Å². The van der Waals surface area contributed by atoms with E-state index in [1.54, 1.807) is 0 Å². The van der Waals surface area contributed by atoms with Gasteiger partial charge in [0.05, 0.1) is 0 Å². The van der Waals surface area contributed by atoms with Crippen molar-refractivity contribution in [2.24, 2.45) is 5.92 Å². The molecule has 0 bridgehead atoms. The number of ether oxygens (including phenoxy) is 3. The van der Waals surface area contributed by atoms with Gasteiger partial charge < -0.3 is 14.2 Å². The first-order valence-corrected chi connectivity index (χ1v) is 26.4. The van der Waals surface area contributed by atoms with E-state index < -0.39 is 6.10 Å². The van der Waals surface area contributed by atoms with Crippen LogP contribution in [0.15, 0.2) is 0 Å². The lowest BCUT2D eigenvalue weighted by Crippen LogP contribution is -2.30. The summed E-state index contributed by atoms with van der Waals surface area (Å²) in [5, 5.41) is 0. The molecule has 0 aliphatic carbocycles. The van der Waals surface area contributed by atoms with Crippen LogP contribution in [0.5, 0.6) is 0 Å². The van der Waals surface area contributed by atoms with Gasteiger partial charge in [0.25, 0.3) is 0 Å². The Bertz CT molecular complexity index is 887. The van der Waals surface area contributed by atoms with Gasteiger partial charge in [0.1, 0.15) is 13.2 Å². The van der Waals surface area contributed by atoms with Crippen molar-refractivity contribution in [2.75, 3.05) is 13.2 Å². The molecule has 0 saturated heterocycles. The standard InChI is InChI=1S/C53H102O6/c1-5-7-9-11-13-15-17-19-20-21-22-23-25-28-32-36-40-44-51(54)57-47-50(59-53(56)46-42-38-34-29-24-18-16-14-12-10-8-6-2)48-58-52(55)45-41-37-33-30-26-27-31-35-39-43-49(3)4/h49-50H,5-48H2,1-4H3/t50-/m1/s1. The second-order valence-corrected chi connectivity index (χ2v) is 18.6. The van der Waals surface area contributed by atoms with Crippen LogP contribution in [0.4, 0.5) is 0 Å². The van der Waals surface area contributed by atoms with Gasteiger partial charge in [-0.3, -0.25) is 14.4 Å². The predicted molar refractivity (Wildman–Crippen MR) is 252 cm³/mol. The van der Waals surface area contributed by atoms with E-state index in [4.69, 9.17) is 14.2 Å². The van der Waals surface area contributed by atoms with E-state index in [9.17, 15) is 14.4 Å². The Kier molecular flexibility index (Phi) is 46.2. The van der Waals surface area contributed by atoms with Crippen LogP contribution < -0.4 is 0 Å². The van der Waals surface area contributed by atoms with Crippen molar-refractivity contribution in [3.63, 3.8) is 0 Å². The third-order valence-electron chi connectivity index (χ3n) is 12.0. The number of carbonyl (C=O) groups is 3.